The van der Waals surface area contributed by atoms with Gasteiger partial charge in [0, 0.05) is 10.9 Å². The maximum atomic E-state index is 9.30. The summed E-state index contributed by atoms with van der Waals surface area (Å²) >= 11 is 0. The van der Waals surface area contributed by atoms with Gasteiger partial charge in [-0.15, -0.1) is 0 Å². The van der Waals surface area contributed by atoms with Crippen LogP contribution in [0, 0.1) is 13.8 Å². The second-order valence-corrected chi connectivity index (χ2v) is 3.93. The van der Waals surface area contributed by atoms with Crippen molar-refractivity contribution in [1.82, 2.24) is 0 Å². The van der Waals surface area contributed by atoms with Gasteiger partial charge in [-0.05, 0) is 19.4 Å². The molecule has 0 atom stereocenters. The molecule has 1 N–H and O–H groups in total. The average Bonchev–Trinajstić information content (AvgIpc) is 2.54. The highest BCUT2D eigenvalue weighted by Gasteiger charge is 2.11. The summed E-state index contributed by atoms with van der Waals surface area (Å²) < 4.78 is 5.66. The lowest BCUT2D eigenvalue weighted by Crippen LogP contribution is -2.11. The van der Waals surface area contributed by atoms with Crippen molar-refractivity contribution in [3.8, 4) is 0 Å². The highest BCUT2D eigenvalue weighted by molar-refractivity contribution is 6.52. The number of hydrogen-bond acceptors (Lipinski definition) is 2. The zero-order valence-corrected chi connectivity index (χ0v) is 9.42. The van der Waals surface area contributed by atoms with Crippen LogP contribution in [0.25, 0.3) is 11.0 Å². The summed E-state index contributed by atoms with van der Waals surface area (Å²) in [5, 5.41) is 10.4. The molecule has 1 aromatic carbocycles. The molecule has 0 amide bonds. The normalized spacial score (nSPS) is 10.9. The Morgan fingerprint density at radius 3 is 2.67 bits per heavy atom. The molecule has 78 valence electrons. The van der Waals surface area contributed by atoms with Crippen LogP contribution < -0.4 is 5.46 Å². The van der Waals surface area contributed by atoms with Gasteiger partial charge in [-0.1, -0.05) is 24.4 Å². The van der Waals surface area contributed by atoms with Crippen LogP contribution in [-0.4, -0.2) is 12.4 Å². The van der Waals surface area contributed by atoms with E-state index in [1.807, 2.05) is 13.0 Å². The zero-order chi connectivity index (χ0) is 11.0. The van der Waals surface area contributed by atoms with Gasteiger partial charge < -0.3 is 9.52 Å². The van der Waals surface area contributed by atoms with Gasteiger partial charge in [-0.2, -0.15) is 0 Å². The molecule has 0 saturated carbocycles. The molecule has 0 saturated heterocycles. The third-order valence-corrected chi connectivity index (χ3v) is 2.99. The predicted octanol–water partition coefficient (Wildman–Crippen LogP) is 1.65. The number of rotatable bonds is 2. The van der Waals surface area contributed by atoms with Crippen LogP contribution in [0.15, 0.2) is 16.5 Å². The minimum Gasteiger partial charge on any atom is -0.461 e. The van der Waals surface area contributed by atoms with Gasteiger partial charge in [0.2, 0.25) is 0 Å². The molecule has 0 aliphatic rings. The van der Waals surface area contributed by atoms with Gasteiger partial charge >= 0.3 is 0 Å². The van der Waals surface area contributed by atoms with Crippen molar-refractivity contribution in [3.63, 3.8) is 0 Å². The lowest BCUT2D eigenvalue weighted by atomic mass is 9.72. The van der Waals surface area contributed by atoms with E-state index in [4.69, 9.17) is 4.42 Å². The number of aliphatic hydroxyl groups is 1. The van der Waals surface area contributed by atoms with Crippen LogP contribution in [0.3, 0.4) is 0 Å². The Labute approximate surface area is 90.1 Å². The fraction of sp³-hybridized carbons (Fsp3) is 0.333. The second kappa shape index (κ2) is 3.74. The fourth-order valence-corrected chi connectivity index (χ4v) is 1.89. The van der Waals surface area contributed by atoms with Gasteiger partial charge in [0.1, 0.15) is 11.3 Å². The van der Waals surface area contributed by atoms with Crippen molar-refractivity contribution in [1.29, 1.82) is 0 Å². The van der Waals surface area contributed by atoms with Crippen LogP contribution >= 0.6 is 0 Å². The molecule has 0 bridgehead atoms. The molecule has 2 nitrogen and oxygen atoms in total. The first-order chi connectivity index (χ1) is 7.17. The minimum absolute atomic E-state index is 0.0384. The molecule has 0 aliphatic heterocycles. The van der Waals surface area contributed by atoms with Gasteiger partial charge in [0.15, 0.2) is 7.28 Å². The molecule has 2 aromatic rings. The second-order valence-electron chi connectivity index (χ2n) is 3.93. The van der Waals surface area contributed by atoms with Gasteiger partial charge in [0.05, 0.1) is 6.61 Å². The van der Waals surface area contributed by atoms with Crippen LogP contribution in [0.2, 0.25) is 6.82 Å². The molecule has 0 spiro atoms. The average molecular weight is 202 g/mol. The Morgan fingerprint density at radius 1 is 1.33 bits per heavy atom. The summed E-state index contributed by atoms with van der Waals surface area (Å²) in [5.74, 6) is 0.938. The molecule has 0 fully saturated rings. The maximum Gasteiger partial charge on any atom is 0.154 e. The first kappa shape index (κ1) is 10.3. The summed E-state index contributed by atoms with van der Waals surface area (Å²) in [6.07, 6.45) is 0. The molecule has 0 radical (unpaired) electrons. The van der Waals surface area contributed by atoms with Crippen molar-refractivity contribution in [2.45, 2.75) is 27.3 Å². The van der Waals surface area contributed by atoms with Crippen LogP contribution in [0.4, 0.5) is 0 Å². The minimum atomic E-state index is 0.0384. The first-order valence-electron chi connectivity index (χ1n) is 5.29. The Morgan fingerprint density at radius 2 is 2.07 bits per heavy atom. The zero-order valence-electron chi connectivity index (χ0n) is 9.42. The van der Waals surface area contributed by atoms with E-state index in [9.17, 15) is 5.11 Å². The van der Waals surface area contributed by atoms with E-state index >= 15 is 0 Å². The van der Waals surface area contributed by atoms with Crippen LogP contribution in [0.1, 0.15) is 16.9 Å². The number of benzene rings is 1. The number of hydrogen-bond donors (Lipinski definition) is 1. The molecule has 2 rings (SSSR count). The Kier molecular flexibility index (Phi) is 2.57. The summed E-state index contributed by atoms with van der Waals surface area (Å²) in [5.41, 5.74) is 4.15. The van der Waals surface area contributed by atoms with Gasteiger partial charge in [-0.25, -0.2) is 0 Å². The lowest BCUT2D eigenvalue weighted by Gasteiger charge is -2.02. The van der Waals surface area contributed by atoms with E-state index in [0.29, 0.717) is 0 Å². The van der Waals surface area contributed by atoms with Crippen LogP contribution in [-0.2, 0) is 6.61 Å². The molecule has 0 aliphatic carbocycles. The standard InChI is InChI=1S/C12H15BO2/c1-7-8(2)15-12-9(6-14)4-10(13-3)5-11(7)12/h4-5,13-14H,6H2,1-3H3. The molecular formula is C12H15BO2. The number of furan rings is 1. The molecular weight excluding hydrogens is 187 g/mol. The molecule has 1 heterocycles. The van der Waals surface area contributed by atoms with E-state index in [-0.39, 0.29) is 6.61 Å². The van der Waals surface area contributed by atoms with E-state index in [0.717, 1.165) is 29.6 Å². The SMILES string of the molecule is CBc1cc(CO)c2oc(C)c(C)c2c1. The van der Waals surface area contributed by atoms with Crippen LogP contribution in [0.5, 0.6) is 0 Å². The smallest absolute Gasteiger partial charge is 0.154 e. The van der Waals surface area contributed by atoms with Gasteiger partial charge in [-0.3, -0.25) is 0 Å². The van der Waals surface area contributed by atoms with Crippen molar-refractivity contribution in [2.24, 2.45) is 0 Å². The summed E-state index contributed by atoms with van der Waals surface area (Å²) in [7, 11) is 0.979. The summed E-state index contributed by atoms with van der Waals surface area (Å²) in [6.45, 7) is 6.17. The number of fused-ring (bicyclic) bond motifs is 1. The van der Waals surface area contributed by atoms with E-state index in [1.54, 1.807) is 0 Å². The van der Waals surface area contributed by atoms with E-state index in [1.165, 1.54) is 11.0 Å². The molecule has 3 heteroatoms. The third-order valence-electron chi connectivity index (χ3n) is 2.99. The van der Waals surface area contributed by atoms with E-state index in [2.05, 4.69) is 19.8 Å². The number of aryl methyl sites for hydroxylation is 2. The topological polar surface area (TPSA) is 33.4 Å². The molecule has 1 aromatic heterocycles. The first-order valence-corrected chi connectivity index (χ1v) is 5.29. The third kappa shape index (κ3) is 1.57. The highest BCUT2D eigenvalue weighted by atomic mass is 16.3. The fourth-order valence-electron chi connectivity index (χ4n) is 1.89. The molecule has 15 heavy (non-hydrogen) atoms. The van der Waals surface area contributed by atoms with Crippen molar-refractivity contribution in [2.75, 3.05) is 0 Å². The monoisotopic (exact) mass is 202 g/mol. The Hall–Kier alpha value is -1.22. The van der Waals surface area contributed by atoms with Crippen molar-refractivity contribution < 1.29 is 9.52 Å². The van der Waals surface area contributed by atoms with E-state index < -0.39 is 0 Å². The Balaban J connectivity index is 2.80. The molecule has 0 unspecified atom stereocenters. The van der Waals surface area contributed by atoms with Crippen molar-refractivity contribution in [3.05, 3.63) is 29.0 Å². The van der Waals surface area contributed by atoms with Crippen molar-refractivity contribution >= 4 is 23.7 Å². The highest BCUT2D eigenvalue weighted by Crippen LogP contribution is 2.26. The number of aliphatic hydroxyl groups excluding tert-OH is 1. The maximum absolute atomic E-state index is 9.30. The predicted molar refractivity (Wildman–Crippen MR) is 64.3 cm³/mol. The quantitative estimate of drug-likeness (QED) is 0.751. The lowest BCUT2D eigenvalue weighted by molar-refractivity contribution is 0.281. The van der Waals surface area contributed by atoms with Gasteiger partial charge in [0.25, 0.3) is 0 Å². The Bertz CT molecular complexity index is 500. The summed E-state index contributed by atoms with van der Waals surface area (Å²) in [4.78, 5) is 0. The largest absolute Gasteiger partial charge is 0.461 e. The summed E-state index contributed by atoms with van der Waals surface area (Å²) in [6, 6.07) is 4.17.